The highest BCUT2D eigenvalue weighted by atomic mass is 16.4. The third kappa shape index (κ3) is 4.48. The van der Waals surface area contributed by atoms with Crippen molar-refractivity contribution < 1.29 is 14.7 Å². The second kappa shape index (κ2) is 8.86. The molecule has 1 saturated carbocycles. The number of aryl methyl sites for hydroxylation is 1. The molecule has 1 heterocycles. The smallest absolute Gasteiger partial charge is 0.326 e. The van der Waals surface area contributed by atoms with Crippen LogP contribution in [0.5, 0.6) is 0 Å². The van der Waals surface area contributed by atoms with Crippen LogP contribution in [0.4, 0.5) is 0 Å². The summed E-state index contributed by atoms with van der Waals surface area (Å²) in [6.07, 6.45) is 4.03. The van der Waals surface area contributed by atoms with Crippen molar-refractivity contribution >= 4 is 11.9 Å². The summed E-state index contributed by atoms with van der Waals surface area (Å²) in [5, 5.41) is 12.6. The van der Waals surface area contributed by atoms with Gasteiger partial charge in [-0.15, -0.1) is 0 Å². The van der Waals surface area contributed by atoms with E-state index >= 15 is 0 Å². The van der Waals surface area contributed by atoms with Crippen LogP contribution in [-0.2, 0) is 4.79 Å². The van der Waals surface area contributed by atoms with Crippen molar-refractivity contribution in [1.29, 1.82) is 0 Å². The number of carboxylic acids is 1. The molecule has 1 aliphatic rings. The Morgan fingerprint density at radius 1 is 1.10 bits per heavy atom. The maximum Gasteiger partial charge on any atom is 0.326 e. The topological polar surface area (TPSA) is 88.4 Å². The molecule has 6 nitrogen and oxygen atoms in total. The number of pyridine rings is 1. The monoisotopic (exact) mass is 410 g/mol. The van der Waals surface area contributed by atoms with E-state index in [0.29, 0.717) is 28.3 Å². The number of rotatable bonds is 5. The van der Waals surface area contributed by atoms with Crippen molar-refractivity contribution in [1.82, 2.24) is 9.88 Å². The lowest BCUT2D eigenvalue weighted by atomic mass is 9.87. The van der Waals surface area contributed by atoms with Crippen LogP contribution in [-0.4, -0.2) is 27.6 Å². The van der Waals surface area contributed by atoms with E-state index in [2.05, 4.69) is 12.2 Å². The van der Waals surface area contributed by atoms with Gasteiger partial charge in [0.05, 0.1) is 5.69 Å². The Morgan fingerprint density at radius 3 is 2.27 bits per heavy atom. The summed E-state index contributed by atoms with van der Waals surface area (Å²) in [5.74, 6) is -0.694. The molecule has 2 N–H and O–H groups in total. The zero-order chi connectivity index (χ0) is 22.0. The first-order valence-electron chi connectivity index (χ1n) is 10.6. The molecule has 1 aromatic carbocycles. The fourth-order valence-electron chi connectivity index (χ4n) is 4.19. The average Bonchev–Trinajstić information content (AvgIpc) is 2.71. The molecule has 1 fully saturated rings. The molecular formula is C24H30N2O4. The standard InChI is InChI=1S/C24H30N2O4/c1-14-5-9-18(10-6-14)22-16(3)20(13-21(27)26(22)17(4)24(29)30)23(28)25-19-11-7-15(2)8-12-19/h5-6,9-10,13,15,17,19H,7-8,11-12H2,1-4H3,(H,25,28)(H,29,30). The quantitative estimate of drug-likeness (QED) is 0.777. The van der Waals surface area contributed by atoms with Crippen molar-refractivity contribution in [2.24, 2.45) is 5.92 Å². The second-order valence-electron chi connectivity index (χ2n) is 8.55. The third-order valence-electron chi connectivity index (χ3n) is 6.17. The van der Waals surface area contributed by atoms with E-state index in [1.165, 1.54) is 17.6 Å². The maximum absolute atomic E-state index is 13.0. The van der Waals surface area contributed by atoms with Gasteiger partial charge in [0, 0.05) is 17.7 Å². The Balaban J connectivity index is 2.07. The lowest BCUT2D eigenvalue weighted by Crippen LogP contribution is -2.39. The number of aliphatic carboxylic acids is 1. The number of amides is 1. The van der Waals surface area contributed by atoms with Gasteiger partial charge in [-0.05, 0) is 63.5 Å². The molecule has 1 atom stereocenters. The van der Waals surface area contributed by atoms with Gasteiger partial charge in [-0.3, -0.25) is 14.2 Å². The fraction of sp³-hybridized carbons (Fsp3) is 0.458. The van der Waals surface area contributed by atoms with Gasteiger partial charge in [-0.25, -0.2) is 4.79 Å². The summed E-state index contributed by atoms with van der Waals surface area (Å²) < 4.78 is 1.27. The van der Waals surface area contributed by atoms with E-state index < -0.39 is 17.6 Å². The lowest BCUT2D eigenvalue weighted by molar-refractivity contribution is -0.140. The first-order chi connectivity index (χ1) is 14.2. The number of nitrogens with one attached hydrogen (secondary N) is 1. The molecule has 30 heavy (non-hydrogen) atoms. The maximum atomic E-state index is 13.0. The van der Waals surface area contributed by atoms with Crippen molar-refractivity contribution in [3.05, 3.63) is 57.4 Å². The highest BCUT2D eigenvalue weighted by Crippen LogP contribution is 2.28. The fourth-order valence-corrected chi connectivity index (χ4v) is 4.19. The van der Waals surface area contributed by atoms with E-state index in [1.54, 1.807) is 6.92 Å². The zero-order valence-corrected chi connectivity index (χ0v) is 18.1. The number of carbonyl (C=O) groups excluding carboxylic acids is 1. The number of aromatic nitrogens is 1. The first-order valence-corrected chi connectivity index (χ1v) is 10.6. The summed E-state index contributed by atoms with van der Waals surface area (Å²) >= 11 is 0. The van der Waals surface area contributed by atoms with Crippen LogP contribution in [0.15, 0.2) is 35.1 Å². The summed E-state index contributed by atoms with van der Waals surface area (Å²) in [4.78, 5) is 37.7. The van der Waals surface area contributed by atoms with E-state index in [0.717, 1.165) is 31.2 Å². The normalized spacial score (nSPS) is 19.9. The molecule has 0 saturated heterocycles. The summed E-state index contributed by atoms with van der Waals surface area (Å²) in [5.41, 5.74) is 2.66. The Hall–Kier alpha value is -2.89. The number of carbonyl (C=O) groups is 2. The number of carboxylic acid groups (broad SMARTS) is 1. The van der Waals surface area contributed by atoms with Crippen LogP contribution in [0, 0.1) is 19.8 Å². The largest absolute Gasteiger partial charge is 0.480 e. The Kier molecular flexibility index (Phi) is 6.44. The van der Waals surface area contributed by atoms with Crippen LogP contribution in [0.1, 0.15) is 67.1 Å². The summed E-state index contributed by atoms with van der Waals surface area (Å²) in [6.45, 7) is 7.43. The Labute approximate surface area is 176 Å². The van der Waals surface area contributed by atoms with Crippen molar-refractivity contribution in [3.63, 3.8) is 0 Å². The molecule has 2 aromatic rings. The third-order valence-corrected chi connectivity index (χ3v) is 6.17. The predicted molar refractivity (Wildman–Crippen MR) is 117 cm³/mol. The van der Waals surface area contributed by atoms with Crippen molar-refractivity contribution in [3.8, 4) is 11.3 Å². The van der Waals surface area contributed by atoms with Gasteiger partial charge in [0.25, 0.3) is 11.5 Å². The van der Waals surface area contributed by atoms with E-state index in [1.807, 2.05) is 31.2 Å². The number of hydrogen-bond donors (Lipinski definition) is 2. The van der Waals surface area contributed by atoms with E-state index in [4.69, 9.17) is 0 Å². The van der Waals surface area contributed by atoms with Crippen molar-refractivity contribution in [2.45, 2.75) is 65.5 Å². The molecule has 1 unspecified atom stereocenters. The summed E-state index contributed by atoms with van der Waals surface area (Å²) in [6, 6.07) is 7.85. The van der Waals surface area contributed by atoms with Crippen LogP contribution >= 0.6 is 0 Å². The van der Waals surface area contributed by atoms with Gasteiger partial charge >= 0.3 is 5.97 Å². The van der Waals surface area contributed by atoms with Gasteiger partial charge in [-0.2, -0.15) is 0 Å². The zero-order valence-electron chi connectivity index (χ0n) is 18.1. The molecule has 1 amide bonds. The molecule has 0 aliphatic heterocycles. The van der Waals surface area contributed by atoms with Crippen LogP contribution in [0.2, 0.25) is 0 Å². The Bertz CT molecular complexity index is 999. The average molecular weight is 411 g/mol. The number of nitrogens with zero attached hydrogens (tertiary/aromatic N) is 1. The van der Waals surface area contributed by atoms with Crippen LogP contribution in [0.25, 0.3) is 11.3 Å². The predicted octanol–water partition coefficient (Wildman–Crippen LogP) is 4.09. The first kappa shape index (κ1) is 21.8. The highest BCUT2D eigenvalue weighted by molar-refractivity contribution is 5.97. The second-order valence-corrected chi connectivity index (χ2v) is 8.55. The molecule has 0 bridgehead atoms. The van der Waals surface area contributed by atoms with Gasteiger partial charge in [0.1, 0.15) is 6.04 Å². The van der Waals surface area contributed by atoms with Gasteiger partial charge in [-0.1, -0.05) is 36.8 Å². The van der Waals surface area contributed by atoms with Crippen molar-refractivity contribution in [2.75, 3.05) is 0 Å². The summed E-state index contributed by atoms with van der Waals surface area (Å²) in [7, 11) is 0. The van der Waals surface area contributed by atoms with Gasteiger partial charge in [0.2, 0.25) is 0 Å². The SMILES string of the molecule is Cc1ccc(-c2c(C)c(C(=O)NC3CCC(C)CC3)cc(=O)n2C(C)C(=O)O)cc1. The van der Waals surface area contributed by atoms with E-state index in [9.17, 15) is 19.5 Å². The minimum Gasteiger partial charge on any atom is -0.480 e. The molecule has 0 radical (unpaired) electrons. The van der Waals surface area contributed by atoms with Crippen LogP contribution in [0.3, 0.4) is 0 Å². The molecule has 160 valence electrons. The molecule has 3 rings (SSSR count). The minimum absolute atomic E-state index is 0.108. The van der Waals surface area contributed by atoms with Crippen LogP contribution < -0.4 is 10.9 Å². The minimum atomic E-state index is -1.10. The molecule has 0 spiro atoms. The van der Waals surface area contributed by atoms with Gasteiger partial charge in [0.15, 0.2) is 0 Å². The number of benzene rings is 1. The molecule has 1 aliphatic carbocycles. The van der Waals surface area contributed by atoms with E-state index in [-0.39, 0.29) is 11.9 Å². The molecule has 6 heteroatoms. The lowest BCUT2D eigenvalue weighted by Gasteiger charge is -2.27. The molecule has 1 aromatic heterocycles. The molecular weight excluding hydrogens is 380 g/mol. The highest BCUT2D eigenvalue weighted by Gasteiger charge is 2.26. The Morgan fingerprint density at radius 2 is 1.70 bits per heavy atom. The van der Waals surface area contributed by atoms with Gasteiger partial charge < -0.3 is 10.4 Å². The number of hydrogen-bond acceptors (Lipinski definition) is 3.